The van der Waals surface area contributed by atoms with Crippen molar-refractivity contribution in [1.29, 1.82) is 0 Å². The number of aliphatic hydroxyl groups is 1. The quantitative estimate of drug-likeness (QED) is 0.856. The number of benzene rings is 1. The lowest BCUT2D eigenvalue weighted by Gasteiger charge is -2.07. The number of nitrogens with zero attached hydrogens (tertiary/aromatic N) is 1. The molecule has 94 valence electrons. The highest BCUT2D eigenvalue weighted by Crippen LogP contribution is 2.18. The van der Waals surface area contributed by atoms with E-state index in [2.05, 4.69) is 10.3 Å². The van der Waals surface area contributed by atoms with Gasteiger partial charge in [-0.1, -0.05) is 12.1 Å². The zero-order valence-electron chi connectivity index (χ0n) is 9.96. The first-order valence-electron chi connectivity index (χ1n) is 5.62. The van der Waals surface area contributed by atoms with Crippen molar-refractivity contribution in [2.75, 3.05) is 6.54 Å². The SMILES string of the molecule is C[C@@H](O)CNC(=O)c1ccc(-c2cnco2)cc1. The molecule has 5 nitrogen and oxygen atoms in total. The molecule has 0 saturated carbocycles. The molecule has 2 rings (SSSR count). The lowest BCUT2D eigenvalue weighted by molar-refractivity contribution is 0.0924. The number of hydrogen-bond donors (Lipinski definition) is 2. The van der Waals surface area contributed by atoms with Crippen LogP contribution in [0.15, 0.2) is 41.3 Å². The van der Waals surface area contributed by atoms with E-state index in [1.165, 1.54) is 6.39 Å². The van der Waals surface area contributed by atoms with E-state index >= 15 is 0 Å². The number of carbonyl (C=O) groups excluding carboxylic acids is 1. The standard InChI is InChI=1S/C13H14N2O3/c1-9(16)6-15-13(17)11-4-2-10(3-5-11)12-7-14-8-18-12/h2-5,7-9,16H,6H2,1H3,(H,15,17)/t9-/m1/s1. The van der Waals surface area contributed by atoms with Crippen LogP contribution in [-0.4, -0.2) is 28.6 Å². The Hall–Kier alpha value is -2.14. The summed E-state index contributed by atoms with van der Waals surface area (Å²) in [4.78, 5) is 15.5. The minimum absolute atomic E-state index is 0.208. The van der Waals surface area contributed by atoms with Crippen molar-refractivity contribution in [3.8, 4) is 11.3 Å². The van der Waals surface area contributed by atoms with Gasteiger partial charge in [-0.3, -0.25) is 4.79 Å². The molecule has 0 aliphatic rings. The maximum absolute atomic E-state index is 11.7. The number of amides is 1. The van der Waals surface area contributed by atoms with Crippen LogP contribution >= 0.6 is 0 Å². The van der Waals surface area contributed by atoms with Gasteiger partial charge in [0.15, 0.2) is 12.2 Å². The van der Waals surface area contributed by atoms with Gasteiger partial charge >= 0.3 is 0 Å². The van der Waals surface area contributed by atoms with E-state index in [1.54, 1.807) is 37.4 Å². The summed E-state index contributed by atoms with van der Waals surface area (Å²) in [5.41, 5.74) is 1.40. The molecule has 1 aromatic heterocycles. The summed E-state index contributed by atoms with van der Waals surface area (Å²) in [7, 11) is 0. The number of aromatic nitrogens is 1. The summed E-state index contributed by atoms with van der Waals surface area (Å²) in [6.45, 7) is 1.86. The van der Waals surface area contributed by atoms with Gasteiger partial charge in [-0.15, -0.1) is 0 Å². The van der Waals surface area contributed by atoms with Gasteiger partial charge in [0.25, 0.3) is 5.91 Å². The minimum Gasteiger partial charge on any atom is -0.444 e. The first-order valence-corrected chi connectivity index (χ1v) is 5.62. The van der Waals surface area contributed by atoms with Gasteiger partial charge in [0, 0.05) is 17.7 Å². The van der Waals surface area contributed by atoms with Crippen molar-refractivity contribution < 1.29 is 14.3 Å². The fourth-order valence-corrected chi connectivity index (χ4v) is 1.49. The smallest absolute Gasteiger partial charge is 0.251 e. The van der Waals surface area contributed by atoms with Crippen LogP contribution in [0.3, 0.4) is 0 Å². The average molecular weight is 246 g/mol. The Morgan fingerprint density at radius 2 is 2.17 bits per heavy atom. The molecule has 0 spiro atoms. The van der Waals surface area contributed by atoms with E-state index in [0.29, 0.717) is 11.3 Å². The molecule has 5 heteroatoms. The molecular weight excluding hydrogens is 232 g/mol. The molecule has 2 N–H and O–H groups in total. The molecule has 0 radical (unpaired) electrons. The van der Waals surface area contributed by atoms with Crippen molar-refractivity contribution in [2.24, 2.45) is 0 Å². The molecule has 18 heavy (non-hydrogen) atoms. The lowest BCUT2D eigenvalue weighted by atomic mass is 10.1. The Balaban J connectivity index is 2.06. The molecule has 0 fully saturated rings. The van der Waals surface area contributed by atoms with Crippen LogP contribution < -0.4 is 5.32 Å². The summed E-state index contributed by atoms with van der Waals surface area (Å²) in [5, 5.41) is 11.7. The monoisotopic (exact) mass is 246 g/mol. The number of oxazole rings is 1. The van der Waals surface area contributed by atoms with Crippen LogP contribution in [0.2, 0.25) is 0 Å². The van der Waals surface area contributed by atoms with Gasteiger partial charge in [-0.25, -0.2) is 4.98 Å². The second-order valence-corrected chi connectivity index (χ2v) is 4.00. The lowest BCUT2D eigenvalue weighted by Crippen LogP contribution is -2.30. The first kappa shape index (κ1) is 12.3. The maximum atomic E-state index is 11.7. The third-order valence-corrected chi connectivity index (χ3v) is 2.42. The molecule has 0 aliphatic heterocycles. The van der Waals surface area contributed by atoms with Crippen LogP contribution in [0, 0.1) is 0 Å². The minimum atomic E-state index is -0.553. The van der Waals surface area contributed by atoms with Crippen LogP contribution in [0.4, 0.5) is 0 Å². The number of carbonyl (C=O) groups is 1. The van der Waals surface area contributed by atoms with Crippen LogP contribution in [0.1, 0.15) is 17.3 Å². The van der Waals surface area contributed by atoms with Gasteiger partial charge in [-0.2, -0.15) is 0 Å². The van der Waals surface area contributed by atoms with Crippen molar-refractivity contribution in [3.63, 3.8) is 0 Å². The normalized spacial score (nSPS) is 12.1. The van der Waals surface area contributed by atoms with E-state index < -0.39 is 6.10 Å². The van der Waals surface area contributed by atoms with Gasteiger partial charge in [0.1, 0.15) is 0 Å². The van der Waals surface area contributed by atoms with Crippen LogP contribution in [-0.2, 0) is 0 Å². The summed E-state index contributed by atoms with van der Waals surface area (Å²) >= 11 is 0. The van der Waals surface area contributed by atoms with Gasteiger partial charge in [-0.05, 0) is 19.1 Å². The van der Waals surface area contributed by atoms with Crippen molar-refractivity contribution in [3.05, 3.63) is 42.4 Å². The molecule has 0 unspecified atom stereocenters. The maximum Gasteiger partial charge on any atom is 0.251 e. The largest absolute Gasteiger partial charge is 0.444 e. The van der Waals surface area contributed by atoms with Crippen molar-refractivity contribution in [1.82, 2.24) is 10.3 Å². The summed E-state index contributed by atoms with van der Waals surface area (Å²) in [6.07, 6.45) is 2.42. The molecule has 1 aromatic carbocycles. The summed E-state index contributed by atoms with van der Waals surface area (Å²) in [6, 6.07) is 6.99. The molecular formula is C13H14N2O3. The Bertz CT molecular complexity index is 504. The first-order chi connectivity index (χ1) is 8.66. The fraction of sp³-hybridized carbons (Fsp3) is 0.231. The highest BCUT2D eigenvalue weighted by atomic mass is 16.3. The second-order valence-electron chi connectivity index (χ2n) is 4.00. The fourth-order valence-electron chi connectivity index (χ4n) is 1.49. The highest BCUT2D eigenvalue weighted by molar-refractivity contribution is 5.94. The number of nitrogens with one attached hydrogen (secondary N) is 1. The molecule has 0 bridgehead atoms. The van der Waals surface area contributed by atoms with Crippen LogP contribution in [0.25, 0.3) is 11.3 Å². The molecule has 0 saturated heterocycles. The highest BCUT2D eigenvalue weighted by Gasteiger charge is 2.07. The van der Waals surface area contributed by atoms with E-state index in [1.807, 2.05) is 0 Å². The van der Waals surface area contributed by atoms with Crippen LogP contribution in [0.5, 0.6) is 0 Å². The van der Waals surface area contributed by atoms with Gasteiger partial charge < -0.3 is 14.8 Å². The topological polar surface area (TPSA) is 75.4 Å². The zero-order chi connectivity index (χ0) is 13.0. The number of hydrogen-bond acceptors (Lipinski definition) is 4. The predicted octanol–water partition coefficient (Wildman–Crippen LogP) is 1.45. The van der Waals surface area contributed by atoms with Crippen molar-refractivity contribution >= 4 is 5.91 Å². The number of aliphatic hydroxyl groups excluding tert-OH is 1. The molecule has 1 amide bonds. The van der Waals surface area contributed by atoms with E-state index in [-0.39, 0.29) is 12.5 Å². The molecule has 1 atom stereocenters. The average Bonchev–Trinajstić information content (AvgIpc) is 2.90. The van der Waals surface area contributed by atoms with E-state index in [9.17, 15) is 4.79 Å². The van der Waals surface area contributed by atoms with E-state index in [0.717, 1.165) is 5.56 Å². The predicted molar refractivity (Wildman–Crippen MR) is 66.0 cm³/mol. The van der Waals surface area contributed by atoms with E-state index in [4.69, 9.17) is 9.52 Å². The third-order valence-electron chi connectivity index (χ3n) is 2.42. The van der Waals surface area contributed by atoms with Gasteiger partial charge in [0.05, 0.1) is 12.3 Å². The molecule has 1 heterocycles. The van der Waals surface area contributed by atoms with Crippen molar-refractivity contribution in [2.45, 2.75) is 13.0 Å². The Morgan fingerprint density at radius 1 is 1.44 bits per heavy atom. The second kappa shape index (κ2) is 5.46. The molecule has 0 aliphatic carbocycles. The summed E-state index contributed by atoms with van der Waals surface area (Å²) in [5.74, 6) is 0.450. The molecule has 2 aromatic rings. The Kier molecular flexibility index (Phi) is 3.74. The summed E-state index contributed by atoms with van der Waals surface area (Å²) < 4.78 is 5.15. The Morgan fingerprint density at radius 3 is 2.72 bits per heavy atom. The zero-order valence-corrected chi connectivity index (χ0v) is 9.96. The third kappa shape index (κ3) is 2.95. The Labute approximate surface area is 104 Å². The van der Waals surface area contributed by atoms with Gasteiger partial charge in [0.2, 0.25) is 0 Å². The number of rotatable bonds is 4.